The molecule has 62 valence electrons. The summed E-state index contributed by atoms with van der Waals surface area (Å²) in [6.45, 7) is 4.79. The summed E-state index contributed by atoms with van der Waals surface area (Å²) in [7, 11) is 0. The van der Waals surface area contributed by atoms with Crippen LogP contribution in [-0.2, 0) is 11.4 Å². The molecule has 0 radical (unpaired) electrons. The predicted octanol–water partition coefficient (Wildman–Crippen LogP) is 2.18. The molecule has 1 aromatic heterocycles. The van der Waals surface area contributed by atoms with Crippen molar-refractivity contribution in [2.45, 2.75) is 26.5 Å². The highest BCUT2D eigenvalue weighted by Gasteiger charge is 1.93. The van der Waals surface area contributed by atoms with Crippen molar-refractivity contribution < 1.29 is 4.84 Å². The van der Waals surface area contributed by atoms with Gasteiger partial charge in [0.2, 0.25) is 0 Å². The van der Waals surface area contributed by atoms with Gasteiger partial charge in [0.1, 0.15) is 0 Å². The van der Waals surface area contributed by atoms with Crippen molar-refractivity contribution in [3.63, 3.8) is 0 Å². The summed E-state index contributed by atoms with van der Waals surface area (Å²) in [6.07, 6.45) is 0.244. The second-order valence-corrected chi connectivity index (χ2v) is 3.40. The van der Waals surface area contributed by atoms with Crippen LogP contribution >= 0.6 is 11.3 Å². The first kappa shape index (κ1) is 8.71. The van der Waals surface area contributed by atoms with E-state index < -0.39 is 0 Å². The molecule has 1 N–H and O–H groups in total. The zero-order chi connectivity index (χ0) is 8.10. The van der Waals surface area contributed by atoms with Gasteiger partial charge in [0, 0.05) is 6.54 Å². The SMILES string of the molecule is CC(C)ONCc1ccsc1. The van der Waals surface area contributed by atoms with Crippen LogP contribution in [0.2, 0.25) is 0 Å². The standard InChI is InChI=1S/C8H13NOS/c1-7(2)10-9-5-8-3-4-11-6-8/h3-4,6-7,9H,5H2,1-2H3. The van der Waals surface area contributed by atoms with Crippen LogP contribution in [0.5, 0.6) is 0 Å². The Labute approximate surface area is 71.1 Å². The van der Waals surface area contributed by atoms with Gasteiger partial charge in [-0.15, -0.1) is 0 Å². The summed E-state index contributed by atoms with van der Waals surface area (Å²) in [5, 5.41) is 4.17. The minimum absolute atomic E-state index is 0.244. The third kappa shape index (κ3) is 3.51. The monoisotopic (exact) mass is 171 g/mol. The van der Waals surface area contributed by atoms with Crippen molar-refractivity contribution in [3.8, 4) is 0 Å². The first-order valence-corrected chi connectivity index (χ1v) is 4.63. The van der Waals surface area contributed by atoms with E-state index in [9.17, 15) is 0 Å². The van der Waals surface area contributed by atoms with E-state index >= 15 is 0 Å². The Bertz CT molecular complexity index is 184. The van der Waals surface area contributed by atoms with Crippen molar-refractivity contribution in [2.24, 2.45) is 0 Å². The minimum Gasteiger partial charge on any atom is -0.299 e. The molecule has 0 aromatic carbocycles. The number of hydrogen-bond acceptors (Lipinski definition) is 3. The van der Waals surface area contributed by atoms with Crippen LogP contribution in [0.15, 0.2) is 16.8 Å². The maximum absolute atomic E-state index is 5.17. The molecule has 0 fully saturated rings. The van der Waals surface area contributed by atoms with Gasteiger partial charge in [-0.3, -0.25) is 4.84 Å². The van der Waals surface area contributed by atoms with Crippen molar-refractivity contribution in [1.29, 1.82) is 0 Å². The summed E-state index contributed by atoms with van der Waals surface area (Å²) in [4.78, 5) is 5.17. The summed E-state index contributed by atoms with van der Waals surface area (Å²) in [5.74, 6) is 0. The van der Waals surface area contributed by atoms with E-state index in [4.69, 9.17) is 4.84 Å². The molecule has 1 heterocycles. The van der Waals surface area contributed by atoms with Gasteiger partial charge in [-0.2, -0.15) is 16.8 Å². The Hall–Kier alpha value is -0.380. The van der Waals surface area contributed by atoms with E-state index in [0.29, 0.717) is 0 Å². The zero-order valence-corrected chi connectivity index (χ0v) is 7.65. The van der Waals surface area contributed by atoms with E-state index in [1.165, 1.54) is 5.56 Å². The Morgan fingerprint density at radius 3 is 3.00 bits per heavy atom. The number of hydroxylamine groups is 1. The lowest BCUT2D eigenvalue weighted by molar-refractivity contribution is -0.00878. The van der Waals surface area contributed by atoms with Crippen LogP contribution in [0.3, 0.4) is 0 Å². The topological polar surface area (TPSA) is 21.3 Å². The van der Waals surface area contributed by atoms with Crippen LogP contribution in [-0.4, -0.2) is 6.10 Å². The molecule has 0 bridgehead atoms. The van der Waals surface area contributed by atoms with Gasteiger partial charge >= 0.3 is 0 Å². The van der Waals surface area contributed by atoms with Gasteiger partial charge in [-0.05, 0) is 36.2 Å². The fraction of sp³-hybridized carbons (Fsp3) is 0.500. The van der Waals surface area contributed by atoms with Crippen molar-refractivity contribution in [3.05, 3.63) is 22.4 Å². The Balaban J connectivity index is 2.14. The second kappa shape index (κ2) is 4.49. The maximum Gasteiger partial charge on any atom is 0.0734 e. The van der Waals surface area contributed by atoms with Gasteiger partial charge in [-0.25, -0.2) is 0 Å². The molecule has 1 rings (SSSR count). The van der Waals surface area contributed by atoms with Crippen LogP contribution in [0.1, 0.15) is 19.4 Å². The molecule has 2 nitrogen and oxygen atoms in total. The third-order valence-corrected chi connectivity index (χ3v) is 1.91. The highest BCUT2D eigenvalue weighted by molar-refractivity contribution is 7.07. The van der Waals surface area contributed by atoms with E-state index in [1.807, 2.05) is 13.8 Å². The minimum atomic E-state index is 0.244. The van der Waals surface area contributed by atoms with Gasteiger partial charge in [0.15, 0.2) is 0 Å². The zero-order valence-electron chi connectivity index (χ0n) is 6.83. The smallest absolute Gasteiger partial charge is 0.0734 e. The molecule has 0 aliphatic heterocycles. The number of rotatable bonds is 4. The average molecular weight is 171 g/mol. The second-order valence-electron chi connectivity index (χ2n) is 2.62. The van der Waals surface area contributed by atoms with Crippen LogP contribution in [0.25, 0.3) is 0 Å². The van der Waals surface area contributed by atoms with E-state index in [0.717, 1.165) is 6.54 Å². The summed E-state index contributed by atoms with van der Waals surface area (Å²) >= 11 is 1.70. The van der Waals surface area contributed by atoms with Gasteiger partial charge < -0.3 is 0 Å². The van der Waals surface area contributed by atoms with E-state index in [1.54, 1.807) is 11.3 Å². The fourth-order valence-electron chi connectivity index (χ4n) is 0.685. The van der Waals surface area contributed by atoms with Gasteiger partial charge in [0.25, 0.3) is 0 Å². The molecule has 0 aliphatic carbocycles. The lowest BCUT2D eigenvalue weighted by Crippen LogP contribution is -2.18. The molecular formula is C8H13NOS. The highest BCUT2D eigenvalue weighted by atomic mass is 32.1. The first-order chi connectivity index (χ1) is 5.29. The maximum atomic E-state index is 5.17. The van der Waals surface area contributed by atoms with Crippen LogP contribution in [0.4, 0.5) is 0 Å². The molecule has 3 heteroatoms. The normalized spacial score (nSPS) is 10.8. The number of thiophene rings is 1. The lowest BCUT2D eigenvalue weighted by atomic mass is 10.3. The molecule has 11 heavy (non-hydrogen) atoms. The van der Waals surface area contributed by atoms with Gasteiger partial charge in [0.05, 0.1) is 6.10 Å². The molecule has 0 spiro atoms. The highest BCUT2D eigenvalue weighted by Crippen LogP contribution is 2.04. The molecule has 0 aliphatic rings. The quantitative estimate of drug-likeness (QED) is 0.701. The Kier molecular flexibility index (Phi) is 3.56. The van der Waals surface area contributed by atoms with Crippen LogP contribution in [0, 0.1) is 0 Å². The molecule has 1 aromatic rings. The van der Waals surface area contributed by atoms with Gasteiger partial charge in [-0.1, -0.05) is 0 Å². The first-order valence-electron chi connectivity index (χ1n) is 3.68. The predicted molar refractivity (Wildman–Crippen MR) is 47.4 cm³/mol. The Morgan fingerprint density at radius 2 is 2.45 bits per heavy atom. The van der Waals surface area contributed by atoms with Crippen molar-refractivity contribution in [2.75, 3.05) is 0 Å². The molecule has 0 amide bonds. The molecule has 0 unspecified atom stereocenters. The average Bonchev–Trinajstić information content (AvgIpc) is 2.39. The third-order valence-electron chi connectivity index (χ3n) is 1.18. The lowest BCUT2D eigenvalue weighted by Gasteiger charge is -2.06. The molecular weight excluding hydrogens is 158 g/mol. The van der Waals surface area contributed by atoms with Crippen LogP contribution < -0.4 is 5.48 Å². The molecule has 0 atom stereocenters. The number of nitrogens with one attached hydrogen (secondary N) is 1. The number of hydrogen-bond donors (Lipinski definition) is 1. The molecule has 0 saturated heterocycles. The summed E-state index contributed by atoms with van der Waals surface area (Å²) < 4.78 is 0. The van der Waals surface area contributed by atoms with E-state index in [-0.39, 0.29) is 6.10 Å². The summed E-state index contributed by atoms with van der Waals surface area (Å²) in [5.41, 5.74) is 4.17. The van der Waals surface area contributed by atoms with Crippen molar-refractivity contribution in [1.82, 2.24) is 5.48 Å². The molecule has 0 saturated carbocycles. The van der Waals surface area contributed by atoms with E-state index in [2.05, 4.69) is 22.3 Å². The summed E-state index contributed by atoms with van der Waals surface area (Å²) in [6, 6.07) is 2.08. The Morgan fingerprint density at radius 1 is 1.64 bits per heavy atom. The largest absolute Gasteiger partial charge is 0.299 e. The van der Waals surface area contributed by atoms with Crippen molar-refractivity contribution >= 4 is 11.3 Å². The fourth-order valence-corrected chi connectivity index (χ4v) is 1.35.